The van der Waals surface area contributed by atoms with Gasteiger partial charge in [-0.1, -0.05) is 102 Å². The van der Waals surface area contributed by atoms with Crippen LogP contribution in [0.15, 0.2) is 119 Å². The summed E-state index contributed by atoms with van der Waals surface area (Å²) < 4.78 is 42.9. The lowest BCUT2D eigenvalue weighted by Gasteiger charge is -2.08. The summed E-state index contributed by atoms with van der Waals surface area (Å²) in [6.07, 6.45) is 2.26. The first-order valence-corrected chi connectivity index (χ1v) is 19.9. The fourth-order valence-corrected chi connectivity index (χ4v) is 5.94. The number of hydrogen-bond donors (Lipinski definition) is 1. The lowest BCUT2D eigenvalue weighted by atomic mass is 10.2. The monoisotopic (exact) mass is 876 g/mol. The fourth-order valence-electron chi connectivity index (χ4n) is 4.81. The average Bonchev–Trinajstić information content (AvgIpc) is 3.68. The maximum absolute atomic E-state index is 11.8. The molecule has 6 aromatic rings. The molecule has 0 aliphatic heterocycles. The van der Waals surface area contributed by atoms with Crippen LogP contribution in [0, 0.1) is 0 Å². The molecule has 0 atom stereocenters. The van der Waals surface area contributed by atoms with Crippen molar-refractivity contribution in [3.8, 4) is 11.5 Å². The first-order valence-electron chi connectivity index (χ1n) is 17.7. The van der Waals surface area contributed by atoms with Crippen LogP contribution in [0.4, 0.5) is 5.69 Å². The highest BCUT2D eigenvalue weighted by Gasteiger charge is 2.19. The SMILES string of the molecule is CC(=O)Nc1ccc(S(=O)(=O)N=[N+]=[N-])cc1.CCCc1ccc(OCc2ccccc2)c(Cl)n1.CCOC(=O)c1nnn2c(Cl)c(OCc3ccccc3)ccc12.O=C=O. The van der Waals surface area contributed by atoms with Crippen LogP contribution in [0.2, 0.25) is 10.3 Å². The second kappa shape index (κ2) is 24.8. The fraction of sp³-hybridized carbons (Fsp3) is 0.200. The van der Waals surface area contributed by atoms with E-state index >= 15 is 0 Å². The Morgan fingerprint density at radius 2 is 1.42 bits per heavy atom. The lowest BCUT2D eigenvalue weighted by molar-refractivity contribution is -0.191. The zero-order valence-electron chi connectivity index (χ0n) is 32.4. The molecular formula is C40H38Cl2N8O9S. The van der Waals surface area contributed by atoms with E-state index in [1.807, 2.05) is 72.8 Å². The molecule has 0 fully saturated rings. The predicted octanol–water partition coefficient (Wildman–Crippen LogP) is 8.47. The van der Waals surface area contributed by atoms with Crippen LogP contribution in [0.5, 0.6) is 11.5 Å². The second-order valence-electron chi connectivity index (χ2n) is 11.8. The van der Waals surface area contributed by atoms with E-state index in [1.54, 1.807) is 19.1 Å². The Morgan fingerprint density at radius 3 is 1.93 bits per heavy atom. The molecule has 0 aliphatic carbocycles. The number of carbonyl (C=O) groups excluding carboxylic acids is 4. The van der Waals surface area contributed by atoms with Crippen molar-refractivity contribution in [2.24, 2.45) is 4.52 Å². The van der Waals surface area contributed by atoms with Crippen LogP contribution in [-0.4, -0.2) is 52.9 Å². The van der Waals surface area contributed by atoms with E-state index in [0.29, 0.717) is 41.1 Å². The van der Waals surface area contributed by atoms with Crippen LogP contribution in [0.25, 0.3) is 16.0 Å². The Labute approximate surface area is 354 Å². The number of esters is 1. The molecule has 20 heteroatoms. The first kappa shape index (κ1) is 47.6. The van der Waals surface area contributed by atoms with E-state index in [-0.39, 0.29) is 34.4 Å². The normalized spacial score (nSPS) is 10.1. The Bertz CT molecular complexity index is 2520. The topological polar surface area (TPSA) is 234 Å². The Kier molecular flexibility index (Phi) is 19.7. The molecule has 0 saturated heterocycles. The molecule has 1 N–H and O–H groups in total. The number of sulfonamides is 1. The summed E-state index contributed by atoms with van der Waals surface area (Å²) in [6, 6.07) is 32.3. The zero-order chi connectivity index (χ0) is 43.9. The number of fused-ring (bicyclic) bond motifs is 1. The van der Waals surface area contributed by atoms with Gasteiger partial charge in [0.15, 0.2) is 27.5 Å². The molecule has 3 aromatic heterocycles. The van der Waals surface area contributed by atoms with Crippen LogP contribution >= 0.6 is 23.2 Å². The number of amides is 1. The molecule has 0 spiro atoms. The standard InChI is InChI=1S/C16H14ClN3O3.C15H16ClNO.C8H8N4O3S.CO2/c1-2-22-16(21)14-12-8-9-13(15(17)20(12)19-18-14)23-10-11-6-4-3-5-7-11;1-2-6-13-9-10-14(15(16)17-13)18-11-12-7-4-3-5-8-12;1-6(13)10-7-2-4-8(5-3-7)16(14,15)12-11-9;2-1-3/h3-9H,2,10H2,1H3;3-5,7-10H,2,6,11H2,1H3;2-5H,1H3,(H,10,13);. The summed E-state index contributed by atoms with van der Waals surface area (Å²) in [5.74, 6) is 0.311. The average molecular weight is 878 g/mol. The third-order valence-corrected chi connectivity index (χ3v) is 9.20. The van der Waals surface area contributed by atoms with Gasteiger partial charge in [0.1, 0.15) is 18.7 Å². The third kappa shape index (κ3) is 15.2. The maximum atomic E-state index is 11.8. The molecule has 312 valence electrons. The molecule has 17 nitrogen and oxygen atoms in total. The van der Waals surface area contributed by atoms with Gasteiger partial charge in [-0.05, 0) is 78.5 Å². The highest BCUT2D eigenvalue weighted by atomic mass is 35.5. The van der Waals surface area contributed by atoms with E-state index in [1.165, 1.54) is 35.7 Å². The number of ether oxygens (including phenoxy) is 3. The van der Waals surface area contributed by atoms with Crippen molar-refractivity contribution in [3.63, 3.8) is 0 Å². The van der Waals surface area contributed by atoms with Crippen LogP contribution in [-0.2, 0) is 48.8 Å². The maximum Gasteiger partial charge on any atom is 0.373 e. The Balaban J connectivity index is 0.000000237. The second-order valence-corrected chi connectivity index (χ2v) is 14.1. The number of nitrogens with one attached hydrogen (secondary N) is 1. The minimum atomic E-state index is -3.96. The van der Waals surface area contributed by atoms with Gasteiger partial charge in [-0.25, -0.2) is 18.2 Å². The molecule has 3 heterocycles. The quantitative estimate of drug-likeness (QED) is 0.0378. The number of aryl methyl sites for hydroxylation is 1. The van der Waals surface area contributed by atoms with Crippen molar-refractivity contribution in [1.82, 2.24) is 19.8 Å². The van der Waals surface area contributed by atoms with Crippen molar-refractivity contribution < 1.29 is 41.8 Å². The molecule has 3 aromatic carbocycles. The molecule has 0 aliphatic rings. The number of halogens is 2. The molecule has 6 rings (SSSR count). The number of azide groups is 1. The molecule has 0 bridgehead atoms. The van der Waals surface area contributed by atoms with Gasteiger partial charge in [-0.2, -0.15) is 14.1 Å². The number of pyridine rings is 2. The van der Waals surface area contributed by atoms with E-state index in [4.69, 9.17) is 52.5 Å². The molecule has 0 saturated carbocycles. The van der Waals surface area contributed by atoms with Crippen molar-refractivity contribution in [2.45, 2.75) is 51.7 Å². The van der Waals surface area contributed by atoms with Crippen molar-refractivity contribution in [1.29, 1.82) is 0 Å². The lowest BCUT2D eigenvalue weighted by Crippen LogP contribution is -2.05. The molecular weight excluding hydrogens is 839 g/mol. The highest BCUT2D eigenvalue weighted by molar-refractivity contribution is 7.90. The van der Waals surface area contributed by atoms with Crippen LogP contribution < -0.4 is 14.8 Å². The number of benzene rings is 3. The molecule has 1 amide bonds. The number of anilines is 1. The summed E-state index contributed by atoms with van der Waals surface area (Å²) in [5.41, 5.74) is 12.3. The first-order chi connectivity index (χ1) is 28.9. The van der Waals surface area contributed by atoms with E-state index in [0.717, 1.165) is 29.7 Å². The summed E-state index contributed by atoms with van der Waals surface area (Å²) in [7, 11) is -3.96. The summed E-state index contributed by atoms with van der Waals surface area (Å²) in [5, 5.41) is 10.9. The van der Waals surface area contributed by atoms with E-state index in [2.05, 4.69) is 37.0 Å². The van der Waals surface area contributed by atoms with Gasteiger partial charge in [-0.3, -0.25) is 4.79 Å². The van der Waals surface area contributed by atoms with Gasteiger partial charge in [-0.15, -0.1) is 5.10 Å². The molecule has 0 unspecified atom stereocenters. The minimum Gasteiger partial charge on any atom is -0.486 e. The van der Waals surface area contributed by atoms with Gasteiger partial charge in [0.25, 0.3) is 10.0 Å². The third-order valence-electron chi connectivity index (χ3n) is 7.42. The number of aromatic nitrogens is 4. The van der Waals surface area contributed by atoms with E-state index < -0.39 is 16.0 Å². The number of carbonyl (C=O) groups is 2. The molecule has 60 heavy (non-hydrogen) atoms. The number of nitrogens with zero attached hydrogens (tertiary/aromatic N) is 7. The van der Waals surface area contributed by atoms with Gasteiger partial charge in [0, 0.05) is 27.7 Å². The summed E-state index contributed by atoms with van der Waals surface area (Å²) >= 11 is 12.4. The van der Waals surface area contributed by atoms with Crippen molar-refractivity contribution >= 4 is 62.5 Å². The summed E-state index contributed by atoms with van der Waals surface area (Å²) in [6.45, 7) is 6.34. The van der Waals surface area contributed by atoms with E-state index in [9.17, 15) is 18.0 Å². The highest BCUT2D eigenvalue weighted by Crippen LogP contribution is 2.27. The van der Waals surface area contributed by atoms with Crippen LogP contribution in [0.1, 0.15) is 54.5 Å². The zero-order valence-corrected chi connectivity index (χ0v) is 34.7. The van der Waals surface area contributed by atoms with Gasteiger partial charge < -0.3 is 19.5 Å². The summed E-state index contributed by atoms with van der Waals surface area (Å²) in [4.78, 5) is 45.2. The smallest absolute Gasteiger partial charge is 0.373 e. The Hall–Kier alpha value is -6.81. The predicted molar refractivity (Wildman–Crippen MR) is 221 cm³/mol. The van der Waals surface area contributed by atoms with Gasteiger partial charge in [0.2, 0.25) is 5.91 Å². The van der Waals surface area contributed by atoms with Gasteiger partial charge in [0.05, 0.1) is 11.5 Å². The number of rotatable bonds is 13. The largest absolute Gasteiger partial charge is 0.486 e. The van der Waals surface area contributed by atoms with Crippen molar-refractivity contribution in [2.75, 3.05) is 11.9 Å². The van der Waals surface area contributed by atoms with Crippen molar-refractivity contribution in [3.05, 3.63) is 152 Å². The van der Waals surface area contributed by atoms with Crippen LogP contribution in [0.3, 0.4) is 0 Å². The number of hydrogen-bond acceptors (Lipinski definition) is 12. The minimum absolute atomic E-state index is 0.126. The van der Waals surface area contributed by atoms with Gasteiger partial charge >= 0.3 is 12.1 Å². The molecule has 0 radical (unpaired) electrons. The Morgan fingerprint density at radius 1 is 0.850 bits per heavy atom.